The highest BCUT2D eigenvalue weighted by Crippen LogP contribution is 2.35. The molecule has 3 aromatic rings. The average molecular weight is 320 g/mol. The monoisotopic (exact) mass is 320 g/mol. The predicted molar refractivity (Wildman–Crippen MR) is 98.7 cm³/mol. The van der Waals surface area contributed by atoms with E-state index in [0.717, 1.165) is 29.1 Å². The fourth-order valence-corrected chi connectivity index (χ4v) is 2.90. The number of hydrogen-bond acceptors (Lipinski definition) is 2. The van der Waals surface area contributed by atoms with E-state index in [1.165, 1.54) is 11.1 Å². The summed E-state index contributed by atoms with van der Waals surface area (Å²) in [5, 5.41) is 15.6. The summed E-state index contributed by atoms with van der Waals surface area (Å²) in [5.74, 6) is 0.719. The second kappa shape index (κ2) is 6.52. The molecule has 3 nitrogen and oxygen atoms in total. The molecule has 0 saturated heterocycles. The van der Waals surface area contributed by atoms with E-state index < -0.39 is 0 Å². The van der Waals surface area contributed by atoms with Crippen LogP contribution in [0.15, 0.2) is 48.5 Å². The number of nitrogens with zero attached hydrogens (tertiary/aromatic N) is 2. The van der Waals surface area contributed by atoms with Crippen LogP contribution in [0.25, 0.3) is 16.9 Å². The van der Waals surface area contributed by atoms with Crippen molar-refractivity contribution in [2.75, 3.05) is 0 Å². The van der Waals surface area contributed by atoms with E-state index in [0.29, 0.717) is 5.92 Å². The number of benzene rings is 2. The third-order valence-electron chi connectivity index (χ3n) is 4.10. The van der Waals surface area contributed by atoms with Gasteiger partial charge < -0.3 is 5.11 Å². The van der Waals surface area contributed by atoms with Crippen molar-refractivity contribution in [3.05, 3.63) is 65.4 Å². The van der Waals surface area contributed by atoms with E-state index in [1.807, 2.05) is 28.9 Å². The standard InChI is InChI=1S/C21H24N2O/c1-14(2)12-19-21(24)20(17-10-8-15(3)9-11-17)23(22-19)18-7-5-6-16(4)13-18/h5-11,13-14,24H,12H2,1-4H3. The fraction of sp³-hybridized carbons (Fsp3) is 0.286. The molecular formula is C21H24N2O. The summed E-state index contributed by atoms with van der Waals surface area (Å²) in [4.78, 5) is 0. The van der Waals surface area contributed by atoms with Crippen LogP contribution < -0.4 is 0 Å². The van der Waals surface area contributed by atoms with Crippen molar-refractivity contribution in [2.24, 2.45) is 5.92 Å². The van der Waals surface area contributed by atoms with Crippen LogP contribution in [-0.2, 0) is 6.42 Å². The van der Waals surface area contributed by atoms with Gasteiger partial charge in [0.25, 0.3) is 0 Å². The van der Waals surface area contributed by atoms with Crippen molar-refractivity contribution in [1.29, 1.82) is 0 Å². The minimum Gasteiger partial charge on any atom is -0.504 e. The molecular weight excluding hydrogens is 296 g/mol. The molecule has 0 atom stereocenters. The van der Waals surface area contributed by atoms with Gasteiger partial charge in [0.1, 0.15) is 11.4 Å². The molecule has 0 unspecified atom stereocenters. The van der Waals surface area contributed by atoms with E-state index >= 15 is 0 Å². The number of aryl methyl sites for hydroxylation is 2. The Kier molecular flexibility index (Phi) is 4.43. The minimum absolute atomic E-state index is 0.286. The zero-order chi connectivity index (χ0) is 17.3. The van der Waals surface area contributed by atoms with E-state index in [1.54, 1.807) is 0 Å². The summed E-state index contributed by atoms with van der Waals surface area (Å²) < 4.78 is 1.87. The zero-order valence-electron chi connectivity index (χ0n) is 14.7. The van der Waals surface area contributed by atoms with Crippen LogP contribution >= 0.6 is 0 Å². The van der Waals surface area contributed by atoms with Crippen LogP contribution in [0.5, 0.6) is 5.75 Å². The number of aromatic nitrogens is 2. The van der Waals surface area contributed by atoms with Gasteiger partial charge in [0.2, 0.25) is 0 Å². The molecule has 0 amide bonds. The first kappa shape index (κ1) is 16.3. The van der Waals surface area contributed by atoms with Crippen molar-refractivity contribution in [3.8, 4) is 22.7 Å². The summed E-state index contributed by atoms with van der Waals surface area (Å²) in [5.41, 5.74) is 5.82. The molecule has 0 radical (unpaired) electrons. The lowest BCUT2D eigenvalue weighted by Crippen LogP contribution is -2.01. The summed E-state index contributed by atoms with van der Waals surface area (Å²) in [6, 6.07) is 16.4. The molecule has 0 aliphatic heterocycles. The maximum Gasteiger partial charge on any atom is 0.165 e. The predicted octanol–water partition coefficient (Wildman–Crippen LogP) is 5.06. The van der Waals surface area contributed by atoms with Crippen molar-refractivity contribution in [3.63, 3.8) is 0 Å². The molecule has 2 aromatic carbocycles. The molecule has 124 valence electrons. The zero-order valence-corrected chi connectivity index (χ0v) is 14.7. The van der Waals surface area contributed by atoms with Crippen LogP contribution in [0.1, 0.15) is 30.7 Å². The van der Waals surface area contributed by atoms with Crippen LogP contribution in [0.4, 0.5) is 0 Å². The number of hydrogen-bond donors (Lipinski definition) is 1. The van der Waals surface area contributed by atoms with E-state index in [9.17, 15) is 5.11 Å². The summed E-state index contributed by atoms with van der Waals surface area (Å²) in [6.07, 6.45) is 0.753. The second-order valence-corrected chi connectivity index (χ2v) is 6.86. The summed E-state index contributed by atoms with van der Waals surface area (Å²) >= 11 is 0. The molecule has 0 bridgehead atoms. The Morgan fingerprint density at radius 3 is 2.33 bits per heavy atom. The van der Waals surface area contributed by atoms with E-state index in [2.05, 4.69) is 52.0 Å². The van der Waals surface area contributed by atoms with Gasteiger partial charge in [-0.2, -0.15) is 5.10 Å². The third-order valence-corrected chi connectivity index (χ3v) is 4.10. The minimum atomic E-state index is 0.286. The number of aromatic hydroxyl groups is 1. The molecule has 24 heavy (non-hydrogen) atoms. The molecule has 0 fully saturated rings. The third kappa shape index (κ3) is 3.21. The van der Waals surface area contributed by atoms with Gasteiger partial charge in [-0.25, -0.2) is 4.68 Å². The molecule has 3 heteroatoms. The smallest absolute Gasteiger partial charge is 0.165 e. The van der Waals surface area contributed by atoms with Crippen molar-refractivity contribution < 1.29 is 5.11 Å². The van der Waals surface area contributed by atoms with Crippen molar-refractivity contribution >= 4 is 0 Å². The highest BCUT2D eigenvalue weighted by Gasteiger charge is 2.20. The highest BCUT2D eigenvalue weighted by molar-refractivity contribution is 5.70. The van der Waals surface area contributed by atoms with Gasteiger partial charge in [-0.3, -0.25) is 0 Å². The van der Waals surface area contributed by atoms with Crippen LogP contribution in [-0.4, -0.2) is 14.9 Å². The first-order chi connectivity index (χ1) is 11.5. The van der Waals surface area contributed by atoms with Gasteiger partial charge in [-0.05, 0) is 43.9 Å². The lowest BCUT2D eigenvalue weighted by atomic mass is 10.0. The molecule has 0 saturated carbocycles. The topological polar surface area (TPSA) is 38.1 Å². The maximum absolute atomic E-state index is 10.8. The molecule has 0 aliphatic carbocycles. The highest BCUT2D eigenvalue weighted by atomic mass is 16.3. The second-order valence-electron chi connectivity index (χ2n) is 6.86. The molecule has 1 aromatic heterocycles. The lowest BCUT2D eigenvalue weighted by Gasteiger charge is -2.09. The largest absolute Gasteiger partial charge is 0.504 e. The van der Waals surface area contributed by atoms with Gasteiger partial charge in [0.15, 0.2) is 5.75 Å². The Hall–Kier alpha value is -2.55. The van der Waals surface area contributed by atoms with Gasteiger partial charge in [0.05, 0.1) is 5.69 Å². The van der Waals surface area contributed by atoms with Crippen molar-refractivity contribution in [1.82, 2.24) is 9.78 Å². The SMILES string of the molecule is Cc1ccc(-c2c(O)c(CC(C)C)nn2-c2cccc(C)c2)cc1. The first-order valence-electron chi connectivity index (χ1n) is 8.40. The normalized spacial score (nSPS) is 11.2. The first-order valence-corrected chi connectivity index (χ1v) is 8.40. The number of rotatable bonds is 4. The van der Waals surface area contributed by atoms with Crippen LogP contribution in [0.3, 0.4) is 0 Å². The summed E-state index contributed by atoms with van der Waals surface area (Å²) in [6.45, 7) is 8.40. The maximum atomic E-state index is 10.8. The molecule has 1 N–H and O–H groups in total. The Balaban J connectivity index is 2.21. The molecule has 3 rings (SSSR count). The Bertz CT molecular complexity index is 845. The Labute approximate surface area is 143 Å². The average Bonchev–Trinajstić information content (AvgIpc) is 2.85. The lowest BCUT2D eigenvalue weighted by molar-refractivity contribution is 0.464. The van der Waals surface area contributed by atoms with E-state index in [-0.39, 0.29) is 5.75 Å². The van der Waals surface area contributed by atoms with Gasteiger partial charge in [-0.15, -0.1) is 0 Å². The van der Waals surface area contributed by atoms with Crippen molar-refractivity contribution in [2.45, 2.75) is 34.1 Å². The fourth-order valence-electron chi connectivity index (χ4n) is 2.90. The Morgan fingerprint density at radius 2 is 1.71 bits per heavy atom. The summed E-state index contributed by atoms with van der Waals surface area (Å²) in [7, 11) is 0. The molecule has 0 aliphatic rings. The van der Waals surface area contributed by atoms with E-state index in [4.69, 9.17) is 5.10 Å². The van der Waals surface area contributed by atoms with Gasteiger partial charge >= 0.3 is 0 Å². The van der Waals surface area contributed by atoms with Gasteiger partial charge in [0, 0.05) is 5.56 Å². The van der Waals surface area contributed by atoms with Crippen LogP contribution in [0, 0.1) is 19.8 Å². The van der Waals surface area contributed by atoms with Crippen LogP contribution in [0.2, 0.25) is 0 Å². The quantitative estimate of drug-likeness (QED) is 0.729. The Morgan fingerprint density at radius 1 is 1.00 bits per heavy atom. The molecule has 1 heterocycles. The molecule has 0 spiro atoms. The van der Waals surface area contributed by atoms with Gasteiger partial charge in [-0.1, -0.05) is 55.8 Å².